The molecule has 2 bridgehead atoms. The van der Waals surface area contributed by atoms with E-state index >= 15 is 0 Å². The summed E-state index contributed by atoms with van der Waals surface area (Å²) in [5.41, 5.74) is -1.27. The van der Waals surface area contributed by atoms with E-state index in [1.807, 2.05) is 19.1 Å². The number of ketones is 1. The summed E-state index contributed by atoms with van der Waals surface area (Å²) < 4.78 is 7.01. The van der Waals surface area contributed by atoms with Crippen LogP contribution in [0.15, 0.2) is 21.1 Å². The molecule has 0 radical (unpaired) electrons. The minimum absolute atomic E-state index is 0.0365. The van der Waals surface area contributed by atoms with Crippen LogP contribution in [0.2, 0.25) is 0 Å². The standard InChI is InChI=1S/C9H8Br2O2/c1-8-3-4-9(2,13-8)7(12)5(10)6(8)11/h3-4H,1-2H3. The summed E-state index contributed by atoms with van der Waals surface area (Å²) in [5.74, 6) is -0.0365. The second-order valence-electron chi connectivity index (χ2n) is 3.61. The predicted octanol–water partition coefficient (Wildman–Crippen LogP) is 2.67. The first-order chi connectivity index (χ1) is 5.89. The van der Waals surface area contributed by atoms with Gasteiger partial charge >= 0.3 is 0 Å². The van der Waals surface area contributed by atoms with Gasteiger partial charge in [-0.1, -0.05) is 15.9 Å². The molecular weight excluding hydrogens is 300 g/mol. The maximum absolute atomic E-state index is 11.7. The van der Waals surface area contributed by atoms with E-state index in [4.69, 9.17) is 4.74 Å². The van der Waals surface area contributed by atoms with Crippen LogP contribution in [0.3, 0.4) is 0 Å². The highest BCUT2D eigenvalue weighted by Gasteiger charge is 2.51. The van der Waals surface area contributed by atoms with E-state index in [0.717, 1.165) is 4.48 Å². The molecule has 0 amide bonds. The minimum Gasteiger partial charge on any atom is -0.347 e. The van der Waals surface area contributed by atoms with Crippen LogP contribution in [0.1, 0.15) is 13.8 Å². The Bertz CT molecular complexity index is 359. The van der Waals surface area contributed by atoms with Crippen LogP contribution in [-0.2, 0) is 9.53 Å². The number of rotatable bonds is 0. The molecule has 0 aromatic rings. The summed E-state index contributed by atoms with van der Waals surface area (Å²) in [6.45, 7) is 3.70. The Hall–Kier alpha value is 0.0700. The lowest BCUT2D eigenvalue weighted by atomic mass is 9.99. The molecule has 2 aliphatic heterocycles. The molecule has 0 fully saturated rings. The minimum atomic E-state index is -0.787. The third-order valence-electron chi connectivity index (χ3n) is 2.42. The summed E-state index contributed by atoms with van der Waals surface area (Å²) >= 11 is 6.64. The molecular formula is C9H8Br2O2. The second-order valence-corrected chi connectivity index (χ2v) is 5.19. The number of fused-ring (bicyclic) bond motifs is 2. The van der Waals surface area contributed by atoms with Gasteiger partial charge in [-0.25, -0.2) is 0 Å². The first-order valence-corrected chi connectivity index (χ1v) is 5.49. The number of hydrogen-bond donors (Lipinski definition) is 0. The summed E-state index contributed by atoms with van der Waals surface area (Å²) in [6, 6.07) is 0. The van der Waals surface area contributed by atoms with Crippen molar-refractivity contribution in [1.82, 2.24) is 0 Å². The molecule has 4 heteroatoms. The molecule has 2 aliphatic rings. The van der Waals surface area contributed by atoms with Crippen molar-refractivity contribution < 1.29 is 9.53 Å². The average Bonchev–Trinajstić information content (AvgIpc) is 2.38. The summed E-state index contributed by atoms with van der Waals surface area (Å²) in [4.78, 5) is 11.7. The molecule has 13 heavy (non-hydrogen) atoms. The molecule has 0 N–H and O–H groups in total. The zero-order valence-electron chi connectivity index (χ0n) is 7.23. The fourth-order valence-electron chi connectivity index (χ4n) is 1.60. The van der Waals surface area contributed by atoms with E-state index in [-0.39, 0.29) is 5.78 Å². The normalized spacial score (nSPS) is 43.2. The van der Waals surface area contributed by atoms with E-state index in [2.05, 4.69) is 31.9 Å². The van der Waals surface area contributed by atoms with Crippen molar-refractivity contribution >= 4 is 37.6 Å². The van der Waals surface area contributed by atoms with Crippen molar-refractivity contribution in [2.75, 3.05) is 0 Å². The molecule has 2 atom stereocenters. The summed E-state index contributed by atoms with van der Waals surface area (Å²) in [5, 5.41) is 0. The van der Waals surface area contributed by atoms with Crippen molar-refractivity contribution in [3.8, 4) is 0 Å². The quantitative estimate of drug-likeness (QED) is 0.643. The highest BCUT2D eigenvalue weighted by molar-refractivity contribution is 9.14. The number of halogens is 2. The number of ether oxygens (including phenoxy) is 1. The third kappa shape index (κ3) is 1.12. The van der Waals surface area contributed by atoms with Crippen molar-refractivity contribution in [2.45, 2.75) is 25.0 Å². The molecule has 0 aromatic heterocycles. The van der Waals surface area contributed by atoms with Crippen LogP contribution >= 0.6 is 31.9 Å². The highest BCUT2D eigenvalue weighted by Crippen LogP contribution is 2.47. The summed E-state index contributed by atoms with van der Waals surface area (Å²) in [7, 11) is 0. The number of hydrogen-bond acceptors (Lipinski definition) is 2. The van der Waals surface area contributed by atoms with Gasteiger partial charge in [0.25, 0.3) is 0 Å². The van der Waals surface area contributed by atoms with Gasteiger partial charge in [0.1, 0.15) is 11.2 Å². The molecule has 2 unspecified atom stereocenters. The first kappa shape index (κ1) is 9.62. The SMILES string of the molecule is CC12C=CC(C)(O1)C(Br)=C(Br)C2=O. The van der Waals surface area contributed by atoms with Gasteiger partial charge in [-0.3, -0.25) is 4.79 Å². The van der Waals surface area contributed by atoms with Gasteiger partial charge in [0.2, 0.25) is 5.78 Å². The van der Waals surface area contributed by atoms with Crippen LogP contribution in [0.5, 0.6) is 0 Å². The van der Waals surface area contributed by atoms with Gasteiger partial charge in [0, 0.05) is 4.48 Å². The van der Waals surface area contributed by atoms with E-state index in [1.54, 1.807) is 6.92 Å². The average molecular weight is 308 g/mol. The zero-order valence-corrected chi connectivity index (χ0v) is 10.4. The topological polar surface area (TPSA) is 26.3 Å². The van der Waals surface area contributed by atoms with Gasteiger partial charge in [-0.15, -0.1) is 0 Å². The lowest BCUT2D eigenvalue weighted by Gasteiger charge is -2.34. The fraction of sp³-hybridized carbons (Fsp3) is 0.444. The molecule has 0 aliphatic carbocycles. The lowest BCUT2D eigenvalue weighted by Crippen LogP contribution is -2.44. The van der Waals surface area contributed by atoms with Crippen LogP contribution in [0.4, 0.5) is 0 Å². The first-order valence-electron chi connectivity index (χ1n) is 3.90. The van der Waals surface area contributed by atoms with Crippen molar-refractivity contribution in [3.63, 3.8) is 0 Å². The van der Waals surface area contributed by atoms with Crippen molar-refractivity contribution in [2.24, 2.45) is 0 Å². The fourth-order valence-corrected chi connectivity index (χ4v) is 2.78. The van der Waals surface area contributed by atoms with E-state index in [1.165, 1.54) is 0 Å². The molecule has 2 nitrogen and oxygen atoms in total. The monoisotopic (exact) mass is 306 g/mol. The number of carbonyl (C=O) groups is 1. The Kier molecular flexibility index (Phi) is 1.89. The summed E-state index contributed by atoms with van der Waals surface area (Å²) in [6.07, 6.45) is 3.72. The Morgan fingerprint density at radius 1 is 1.23 bits per heavy atom. The second kappa shape index (κ2) is 2.55. The molecule has 2 rings (SSSR count). The Labute approximate surface area is 93.3 Å². The van der Waals surface area contributed by atoms with Gasteiger partial charge < -0.3 is 4.74 Å². The molecule has 0 saturated heterocycles. The van der Waals surface area contributed by atoms with Crippen LogP contribution in [0.25, 0.3) is 0 Å². The maximum atomic E-state index is 11.7. The van der Waals surface area contributed by atoms with E-state index in [0.29, 0.717) is 4.48 Å². The molecule has 0 aromatic carbocycles. The smallest absolute Gasteiger partial charge is 0.206 e. The van der Waals surface area contributed by atoms with Gasteiger partial charge in [-0.2, -0.15) is 0 Å². The molecule has 0 saturated carbocycles. The molecule has 0 spiro atoms. The Morgan fingerprint density at radius 2 is 1.77 bits per heavy atom. The number of Topliss-reactive ketones (excluding diaryl/α,β-unsaturated/α-hetero) is 1. The zero-order chi connectivity index (χ0) is 9.85. The van der Waals surface area contributed by atoms with Crippen molar-refractivity contribution in [1.29, 1.82) is 0 Å². The van der Waals surface area contributed by atoms with Crippen molar-refractivity contribution in [3.05, 3.63) is 21.1 Å². The third-order valence-corrected chi connectivity index (χ3v) is 4.89. The van der Waals surface area contributed by atoms with Crippen LogP contribution < -0.4 is 0 Å². The van der Waals surface area contributed by atoms with Crippen LogP contribution in [-0.4, -0.2) is 17.0 Å². The van der Waals surface area contributed by atoms with Gasteiger partial charge in [-0.05, 0) is 41.9 Å². The Balaban J connectivity index is 2.64. The van der Waals surface area contributed by atoms with Gasteiger partial charge in [0.15, 0.2) is 0 Å². The lowest BCUT2D eigenvalue weighted by molar-refractivity contribution is -0.139. The molecule has 2 heterocycles. The highest BCUT2D eigenvalue weighted by atomic mass is 79.9. The van der Waals surface area contributed by atoms with Crippen LogP contribution in [0, 0.1) is 0 Å². The van der Waals surface area contributed by atoms with E-state index in [9.17, 15) is 4.79 Å². The maximum Gasteiger partial charge on any atom is 0.206 e. The Morgan fingerprint density at radius 3 is 2.38 bits per heavy atom. The molecule has 70 valence electrons. The van der Waals surface area contributed by atoms with Gasteiger partial charge in [0.05, 0.1) is 4.48 Å². The number of carbonyl (C=O) groups excluding carboxylic acids is 1. The largest absolute Gasteiger partial charge is 0.347 e. The van der Waals surface area contributed by atoms with E-state index < -0.39 is 11.2 Å². The predicted molar refractivity (Wildman–Crippen MR) is 56.9 cm³/mol.